The first-order valence-corrected chi connectivity index (χ1v) is 9.25. The molecule has 3 aromatic rings. The summed E-state index contributed by atoms with van der Waals surface area (Å²) in [5.74, 6) is 5.30. The number of nitrogens with zero attached hydrogens (tertiary/aromatic N) is 3. The predicted octanol–water partition coefficient (Wildman–Crippen LogP) is 3.47. The van der Waals surface area contributed by atoms with Gasteiger partial charge >= 0.3 is 6.18 Å². The lowest BCUT2D eigenvalue weighted by Crippen LogP contribution is -2.17. The fourth-order valence-corrected chi connectivity index (χ4v) is 3.08. The lowest BCUT2D eigenvalue weighted by molar-refractivity contribution is -0.137. The topological polar surface area (TPSA) is 85.8 Å². The van der Waals surface area contributed by atoms with Gasteiger partial charge < -0.3 is 11.2 Å². The van der Waals surface area contributed by atoms with Gasteiger partial charge in [0.05, 0.1) is 11.3 Å². The minimum absolute atomic E-state index is 0.0872. The maximum atomic E-state index is 13.7. The second kappa shape index (κ2) is 8.52. The molecule has 29 heavy (non-hydrogen) atoms. The third-order valence-corrected chi connectivity index (χ3v) is 4.81. The zero-order chi connectivity index (χ0) is 21.0. The fraction of sp³-hybridized carbons (Fsp3) is 0.167. The molecule has 3 rings (SSSR count). The smallest absolute Gasteiger partial charge is 0.336 e. The number of hydrogen-bond acceptors (Lipinski definition) is 5. The van der Waals surface area contributed by atoms with E-state index in [9.17, 15) is 22.4 Å². The van der Waals surface area contributed by atoms with Crippen molar-refractivity contribution in [2.24, 2.45) is 0 Å². The first-order valence-electron chi connectivity index (χ1n) is 8.26. The van der Waals surface area contributed by atoms with Gasteiger partial charge in [-0.25, -0.2) is 9.07 Å². The molecule has 0 fully saturated rings. The van der Waals surface area contributed by atoms with Crippen molar-refractivity contribution in [1.29, 1.82) is 0 Å². The first kappa shape index (κ1) is 20.6. The summed E-state index contributed by atoms with van der Waals surface area (Å²) >= 11 is 0.996. The molecule has 6 nitrogen and oxygen atoms in total. The molecular weight excluding hydrogens is 410 g/mol. The lowest BCUT2D eigenvalue weighted by Gasteiger charge is -2.08. The van der Waals surface area contributed by atoms with Gasteiger partial charge in [0.25, 0.3) is 0 Å². The molecule has 0 aliphatic heterocycles. The normalized spacial score (nSPS) is 11.4. The number of anilines is 1. The Morgan fingerprint density at radius 2 is 1.79 bits per heavy atom. The van der Waals surface area contributed by atoms with Crippen LogP contribution in [0.4, 0.5) is 23.2 Å². The summed E-state index contributed by atoms with van der Waals surface area (Å²) in [6, 6.07) is 10.3. The highest BCUT2D eigenvalue weighted by atomic mass is 32.2. The van der Waals surface area contributed by atoms with E-state index < -0.39 is 17.6 Å². The van der Waals surface area contributed by atoms with Crippen molar-refractivity contribution >= 4 is 23.4 Å². The molecular formula is C18H15F4N5OS. The van der Waals surface area contributed by atoms with E-state index in [0.29, 0.717) is 11.4 Å². The number of benzene rings is 2. The Labute approximate surface area is 167 Å². The van der Waals surface area contributed by atoms with Gasteiger partial charge in [0.15, 0.2) is 5.82 Å². The second-order valence-electron chi connectivity index (χ2n) is 5.95. The third kappa shape index (κ3) is 5.25. The molecule has 1 aromatic heterocycles. The standard InChI is InChI=1S/C18H15F4N5OS/c19-14-4-2-1-3-11(14)9-15-25-26-17(27(15)23)29-10-16(28)24-13-7-5-12(6-8-13)18(20,21)22/h1-8H,9-10,23H2,(H,24,28). The van der Waals surface area contributed by atoms with E-state index >= 15 is 0 Å². The summed E-state index contributed by atoms with van der Waals surface area (Å²) in [6.07, 6.45) is -4.31. The van der Waals surface area contributed by atoms with Crippen molar-refractivity contribution in [3.63, 3.8) is 0 Å². The van der Waals surface area contributed by atoms with E-state index in [4.69, 9.17) is 5.84 Å². The van der Waals surface area contributed by atoms with Crippen LogP contribution in [0.1, 0.15) is 17.0 Å². The molecule has 0 saturated carbocycles. The molecule has 0 atom stereocenters. The summed E-state index contributed by atoms with van der Waals surface area (Å²) in [7, 11) is 0. The van der Waals surface area contributed by atoms with Crippen molar-refractivity contribution in [2.45, 2.75) is 17.8 Å². The van der Waals surface area contributed by atoms with Crippen molar-refractivity contribution in [2.75, 3.05) is 16.9 Å². The quantitative estimate of drug-likeness (QED) is 0.359. The minimum Gasteiger partial charge on any atom is -0.336 e. The molecule has 0 aliphatic carbocycles. The molecule has 0 aliphatic rings. The molecule has 1 heterocycles. The van der Waals surface area contributed by atoms with Gasteiger partial charge in [-0.3, -0.25) is 4.79 Å². The van der Waals surface area contributed by atoms with Crippen molar-refractivity contribution < 1.29 is 22.4 Å². The summed E-state index contributed by atoms with van der Waals surface area (Å²) in [6.45, 7) is 0. The van der Waals surface area contributed by atoms with Crippen LogP contribution in [0.15, 0.2) is 53.7 Å². The van der Waals surface area contributed by atoms with Crippen molar-refractivity contribution in [3.8, 4) is 0 Å². The van der Waals surface area contributed by atoms with E-state index in [2.05, 4.69) is 15.5 Å². The summed E-state index contributed by atoms with van der Waals surface area (Å²) in [5.41, 5.74) is -0.162. The SMILES string of the molecule is Nn1c(Cc2ccccc2F)nnc1SCC(=O)Nc1ccc(C(F)(F)F)cc1. The summed E-state index contributed by atoms with van der Waals surface area (Å²) < 4.78 is 52.6. The molecule has 2 aromatic carbocycles. The van der Waals surface area contributed by atoms with Gasteiger partial charge in [-0.05, 0) is 35.9 Å². The number of halogens is 4. The zero-order valence-electron chi connectivity index (χ0n) is 14.8. The van der Waals surface area contributed by atoms with Crippen molar-refractivity contribution in [3.05, 3.63) is 71.3 Å². The highest BCUT2D eigenvalue weighted by Gasteiger charge is 2.30. The number of carbonyl (C=O) groups is 1. The molecule has 0 radical (unpaired) electrons. The number of nitrogens with two attached hydrogens (primary N) is 1. The first-order chi connectivity index (χ1) is 13.7. The molecule has 3 N–H and O–H groups in total. The Hall–Kier alpha value is -3.08. The van der Waals surface area contributed by atoms with E-state index in [1.807, 2.05) is 0 Å². The van der Waals surface area contributed by atoms with Crippen LogP contribution in [0, 0.1) is 5.82 Å². The maximum absolute atomic E-state index is 13.7. The van der Waals surface area contributed by atoms with Gasteiger partial charge in [-0.1, -0.05) is 30.0 Å². The van der Waals surface area contributed by atoms with Crippen molar-refractivity contribution in [1.82, 2.24) is 14.9 Å². The molecule has 152 valence electrons. The van der Waals surface area contributed by atoms with E-state index in [0.717, 1.165) is 23.9 Å². The number of nitrogen functional groups attached to an aromatic ring is 1. The molecule has 1 amide bonds. The highest BCUT2D eigenvalue weighted by Crippen LogP contribution is 2.29. The lowest BCUT2D eigenvalue weighted by atomic mass is 10.1. The highest BCUT2D eigenvalue weighted by molar-refractivity contribution is 7.99. The largest absolute Gasteiger partial charge is 0.416 e. The third-order valence-electron chi connectivity index (χ3n) is 3.87. The van der Waals surface area contributed by atoms with Crippen LogP contribution < -0.4 is 11.2 Å². The molecule has 0 unspecified atom stereocenters. The number of nitrogens with one attached hydrogen (secondary N) is 1. The minimum atomic E-state index is -4.44. The average Bonchev–Trinajstić information content (AvgIpc) is 3.01. The Balaban J connectivity index is 1.57. The molecule has 11 heteroatoms. The van der Waals surface area contributed by atoms with Gasteiger partial charge in [-0.2, -0.15) is 13.2 Å². The van der Waals surface area contributed by atoms with Gasteiger partial charge in [0.1, 0.15) is 5.82 Å². The number of rotatable bonds is 6. The Morgan fingerprint density at radius 3 is 2.45 bits per heavy atom. The Kier molecular flexibility index (Phi) is 6.06. The van der Waals surface area contributed by atoms with E-state index in [1.165, 1.54) is 22.9 Å². The average molecular weight is 425 g/mol. The Bertz CT molecular complexity index is 1000. The summed E-state index contributed by atoms with van der Waals surface area (Å²) in [5, 5.41) is 10.5. The van der Waals surface area contributed by atoms with Gasteiger partial charge in [-0.15, -0.1) is 10.2 Å². The van der Waals surface area contributed by atoms with Crippen LogP contribution >= 0.6 is 11.8 Å². The van der Waals surface area contributed by atoms with E-state index in [-0.39, 0.29) is 28.8 Å². The van der Waals surface area contributed by atoms with Gasteiger partial charge in [0, 0.05) is 12.1 Å². The van der Waals surface area contributed by atoms with Gasteiger partial charge in [0.2, 0.25) is 11.1 Å². The fourth-order valence-electron chi connectivity index (χ4n) is 2.41. The molecule has 0 bridgehead atoms. The number of thioether (sulfide) groups is 1. The number of amides is 1. The van der Waals surface area contributed by atoms with Crippen LogP contribution in [-0.4, -0.2) is 26.5 Å². The van der Waals surface area contributed by atoms with E-state index in [1.54, 1.807) is 18.2 Å². The predicted molar refractivity (Wildman–Crippen MR) is 100 cm³/mol. The number of alkyl halides is 3. The second-order valence-corrected chi connectivity index (χ2v) is 6.89. The molecule has 0 saturated heterocycles. The monoisotopic (exact) mass is 425 g/mol. The van der Waals surface area contributed by atoms with Crippen LogP contribution in [0.5, 0.6) is 0 Å². The Morgan fingerprint density at radius 1 is 1.10 bits per heavy atom. The number of hydrogen-bond donors (Lipinski definition) is 2. The number of aromatic nitrogens is 3. The zero-order valence-corrected chi connectivity index (χ0v) is 15.6. The van der Waals surface area contributed by atoms with Crippen LogP contribution in [-0.2, 0) is 17.4 Å². The van der Waals surface area contributed by atoms with Crippen LogP contribution in [0.3, 0.4) is 0 Å². The van der Waals surface area contributed by atoms with Crippen LogP contribution in [0.25, 0.3) is 0 Å². The maximum Gasteiger partial charge on any atom is 0.416 e. The van der Waals surface area contributed by atoms with Crippen LogP contribution in [0.2, 0.25) is 0 Å². The number of carbonyl (C=O) groups excluding carboxylic acids is 1. The summed E-state index contributed by atoms with van der Waals surface area (Å²) in [4.78, 5) is 12.0. The molecule has 0 spiro atoms.